The third kappa shape index (κ3) is 3.10. The molecule has 0 fully saturated rings. The first-order valence-electron chi connectivity index (χ1n) is 5.22. The Labute approximate surface area is 94.8 Å². The Bertz CT molecular complexity index is 442. The van der Waals surface area contributed by atoms with E-state index >= 15 is 0 Å². The molecule has 0 unspecified atom stereocenters. The molecular formula is C12H14N4. The lowest BCUT2D eigenvalue weighted by atomic mass is 10.2. The van der Waals surface area contributed by atoms with Crippen LogP contribution in [0.5, 0.6) is 0 Å². The zero-order valence-corrected chi connectivity index (χ0v) is 9.22. The van der Waals surface area contributed by atoms with Crippen molar-refractivity contribution in [2.24, 2.45) is 0 Å². The van der Waals surface area contributed by atoms with Crippen molar-refractivity contribution in [3.8, 4) is 0 Å². The molecule has 0 spiro atoms. The minimum atomic E-state index is 0.724. The van der Waals surface area contributed by atoms with Crippen molar-refractivity contribution in [3.63, 3.8) is 0 Å². The second-order valence-electron chi connectivity index (χ2n) is 3.69. The molecule has 4 heteroatoms. The van der Waals surface area contributed by atoms with Crippen LogP contribution in [0.2, 0.25) is 0 Å². The molecule has 0 aromatic carbocycles. The van der Waals surface area contributed by atoms with E-state index in [1.165, 1.54) is 11.1 Å². The van der Waals surface area contributed by atoms with Gasteiger partial charge in [0.25, 0.3) is 0 Å². The third-order valence-electron chi connectivity index (χ3n) is 2.19. The fourth-order valence-corrected chi connectivity index (χ4v) is 1.48. The van der Waals surface area contributed by atoms with Crippen LogP contribution < -0.4 is 5.32 Å². The Morgan fingerprint density at radius 3 is 2.94 bits per heavy atom. The largest absolute Gasteiger partial charge is 0.307 e. The number of hydrogen-bond acceptors (Lipinski definition) is 4. The zero-order chi connectivity index (χ0) is 11.2. The lowest BCUT2D eigenvalue weighted by Crippen LogP contribution is -2.14. The second kappa shape index (κ2) is 5.32. The third-order valence-corrected chi connectivity index (χ3v) is 2.19. The molecule has 0 aliphatic carbocycles. The van der Waals surface area contributed by atoms with Crippen molar-refractivity contribution < 1.29 is 0 Å². The average molecular weight is 214 g/mol. The van der Waals surface area contributed by atoms with Crippen LogP contribution in [-0.2, 0) is 13.1 Å². The van der Waals surface area contributed by atoms with E-state index in [0.717, 1.165) is 18.8 Å². The van der Waals surface area contributed by atoms with E-state index in [9.17, 15) is 0 Å². The van der Waals surface area contributed by atoms with E-state index in [0.29, 0.717) is 0 Å². The van der Waals surface area contributed by atoms with Gasteiger partial charge in [0.05, 0.1) is 5.69 Å². The van der Waals surface area contributed by atoms with Crippen LogP contribution in [0, 0.1) is 6.92 Å². The Kier molecular flexibility index (Phi) is 3.56. The fraction of sp³-hybridized carbons (Fsp3) is 0.250. The molecule has 0 atom stereocenters. The lowest BCUT2D eigenvalue weighted by molar-refractivity contribution is 0.668. The summed E-state index contributed by atoms with van der Waals surface area (Å²) in [7, 11) is 0. The van der Waals surface area contributed by atoms with Gasteiger partial charge in [0, 0.05) is 31.7 Å². The molecule has 0 saturated heterocycles. The number of hydrogen-bond donors (Lipinski definition) is 1. The summed E-state index contributed by atoms with van der Waals surface area (Å²) in [5.74, 6) is 0. The number of nitrogens with one attached hydrogen (secondary N) is 1. The standard InChI is InChI=1S/C12H14N4/c1-10-5-11(7-13-6-10)8-14-9-12-3-2-4-15-16-12/h2-7,14H,8-9H2,1H3. The highest BCUT2D eigenvalue weighted by Crippen LogP contribution is 2.01. The summed E-state index contributed by atoms with van der Waals surface area (Å²) in [5.41, 5.74) is 3.31. The highest BCUT2D eigenvalue weighted by atomic mass is 15.1. The quantitative estimate of drug-likeness (QED) is 0.837. The van der Waals surface area contributed by atoms with E-state index in [1.807, 2.05) is 31.5 Å². The minimum Gasteiger partial charge on any atom is -0.307 e. The van der Waals surface area contributed by atoms with E-state index in [2.05, 4.69) is 26.6 Å². The van der Waals surface area contributed by atoms with E-state index in [-0.39, 0.29) is 0 Å². The highest BCUT2D eigenvalue weighted by molar-refractivity contribution is 5.16. The first kappa shape index (κ1) is 10.7. The summed E-state index contributed by atoms with van der Waals surface area (Å²) in [4.78, 5) is 4.14. The Hall–Kier alpha value is -1.81. The first-order valence-corrected chi connectivity index (χ1v) is 5.22. The predicted molar refractivity (Wildman–Crippen MR) is 61.5 cm³/mol. The van der Waals surface area contributed by atoms with Crippen molar-refractivity contribution in [3.05, 3.63) is 53.6 Å². The maximum Gasteiger partial charge on any atom is 0.0769 e. The molecule has 0 radical (unpaired) electrons. The van der Waals surface area contributed by atoms with Gasteiger partial charge in [-0.25, -0.2) is 0 Å². The van der Waals surface area contributed by atoms with Gasteiger partial charge in [0.1, 0.15) is 0 Å². The van der Waals surface area contributed by atoms with Gasteiger partial charge in [-0.2, -0.15) is 10.2 Å². The maximum absolute atomic E-state index is 4.14. The number of nitrogens with zero attached hydrogens (tertiary/aromatic N) is 3. The maximum atomic E-state index is 4.14. The molecular weight excluding hydrogens is 200 g/mol. The van der Waals surface area contributed by atoms with Crippen molar-refractivity contribution in [1.29, 1.82) is 0 Å². The van der Waals surface area contributed by atoms with Crippen molar-refractivity contribution in [1.82, 2.24) is 20.5 Å². The fourth-order valence-electron chi connectivity index (χ4n) is 1.48. The molecule has 1 N–H and O–H groups in total. The summed E-state index contributed by atoms with van der Waals surface area (Å²) < 4.78 is 0. The van der Waals surface area contributed by atoms with Crippen molar-refractivity contribution >= 4 is 0 Å². The Morgan fingerprint density at radius 1 is 1.25 bits per heavy atom. The summed E-state index contributed by atoms with van der Waals surface area (Å²) in [6, 6.07) is 5.96. The summed E-state index contributed by atoms with van der Waals surface area (Å²) in [6.07, 6.45) is 5.40. The minimum absolute atomic E-state index is 0.724. The van der Waals surface area contributed by atoms with E-state index < -0.39 is 0 Å². The van der Waals surface area contributed by atoms with E-state index in [1.54, 1.807) is 6.20 Å². The Morgan fingerprint density at radius 2 is 2.19 bits per heavy atom. The van der Waals surface area contributed by atoms with Crippen LogP contribution in [0.25, 0.3) is 0 Å². The topological polar surface area (TPSA) is 50.7 Å². The molecule has 2 aromatic rings. The van der Waals surface area contributed by atoms with Crippen LogP contribution in [0.1, 0.15) is 16.8 Å². The molecule has 82 valence electrons. The van der Waals surface area contributed by atoms with Crippen LogP contribution in [-0.4, -0.2) is 15.2 Å². The van der Waals surface area contributed by atoms with Gasteiger partial charge < -0.3 is 5.32 Å². The van der Waals surface area contributed by atoms with Crippen LogP contribution in [0.4, 0.5) is 0 Å². The van der Waals surface area contributed by atoms with Gasteiger partial charge in [-0.05, 0) is 30.2 Å². The molecule has 0 saturated carbocycles. The normalized spacial score (nSPS) is 10.3. The van der Waals surface area contributed by atoms with Gasteiger partial charge in [-0.15, -0.1) is 0 Å². The van der Waals surface area contributed by atoms with Gasteiger partial charge >= 0.3 is 0 Å². The molecule has 0 amide bonds. The lowest BCUT2D eigenvalue weighted by Gasteiger charge is -2.04. The van der Waals surface area contributed by atoms with Crippen LogP contribution in [0.15, 0.2) is 36.8 Å². The first-order chi connectivity index (χ1) is 7.84. The van der Waals surface area contributed by atoms with Crippen LogP contribution in [0.3, 0.4) is 0 Å². The number of aromatic nitrogens is 3. The predicted octanol–water partition coefficient (Wildman–Crippen LogP) is 1.47. The molecule has 2 rings (SSSR count). The number of rotatable bonds is 4. The summed E-state index contributed by atoms with van der Waals surface area (Å²) >= 11 is 0. The molecule has 4 nitrogen and oxygen atoms in total. The highest BCUT2D eigenvalue weighted by Gasteiger charge is 1.95. The molecule has 0 bridgehead atoms. The van der Waals surface area contributed by atoms with Gasteiger partial charge in [0.15, 0.2) is 0 Å². The monoisotopic (exact) mass is 214 g/mol. The summed E-state index contributed by atoms with van der Waals surface area (Å²) in [5, 5.41) is 11.1. The Balaban J connectivity index is 1.85. The smallest absolute Gasteiger partial charge is 0.0769 e. The van der Waals surface area contributed by atoms with E-state index in [4.69, 9.17) is 0 Å². The summed E-state index contributed by atoms with van der Waals surface area (Å²) in [6.45, 7) is 3.56. The average Bonchev–Trinajstić information content (AvgIpc) is 2.30. The van der Waals surface area contributed by atoms with Gasteiger partial charge in [-0.1, -0.05) is 6.07 Å². The zero-order valence-electron chi connectivity index (χ0n) is 9.22. The molecule has 2 heterocycles. The number of pyridine rings is 1. The second-order valence-corrected chi connectivity index (χ2v) is 3.69. The molecule has 0 aliphatic rings. The van der Waals surface area contributed by atoms with Gasteiger partial charge in [-0.3, -0.25) is 4.98 Å². The molecule has 16 heavy (non-hydrogen) atoms. The number of aryl methyl sites for hydroxylation is 1. The molecule has 0 aliphatic heterocycles. The van der Waals surface area contributed by atoms with Crippen LogP contribution >= 0.6 is 0 Å². The SMILES string of the molecule is Cc1cncc(CNCc2cccnn2)c1. The van der Waals surface area contributed by atoms with Crippen molar-refractivity contribution in [2.75, 3.05) is 0 Å². The van der Waals surface area contributed by atoms with Gasteiger partial charge in [0.2, 0.25) is 0 Å². The van der Waals surface area contributed by atoms with Crippen molar-refractivity contribution in [2.45, 2.75) is 20.0 Å². The molecule has 2 aromatic heterocycles.